The average molecular weight is 261 g/mol. The maximum Gasteiger partial charge on any atom is 0.127 e. The first kappa shape index (κ1) is 12.9. The van der Waals surface area contributed by atoms with Gasteiger partial charge in [0.05, 0.1) is 0 Å². The van der Waals surface area contributed by atoms with E-state index >= 15 is 0 Å². The van der Waals surface area contributed by atoms with E-state index in [2.05, 4.69) is 42.5 Å². The van der Waals surface area contributed by atoms with Gasteiger partial charge in [-0.05, 0) is 38.5 Å². The predicted octanol–water partition coefficient (Wildman–Crippen LogP) is 3.80. The van der Waals surface area contributed by atoms with Crippen molar-refractivity contribution in [1.82, 2.24) is 4.98 Å². The topological polar surface area (TPSA) is 37.0 Å². The summed E-state index contributed by atoms with van der Waals surface area (Å²) in [7, 11) is 0. The van der Waals surface area contributed by atoms with Crippen LogP contribution in [-0.4, -0.2) is 11.5 Å². The molecule has 96 valence electrons. The minimum atomic E-state index is 0.870. The molecule has 0 atom stereocenters. The molecule has 2 N–H and O–H groups in total. The van der Waals surface area contributed by atoms with E-state index in [1.54, 1.807) is 0 Å². The normalized spacial score (nSPS) is 10.4. The van der Waals surface area contributed by atoms with Gasteiger partial charge in [-0.15, -0.1) is 11.3 Å². The van der Waals surface area contributed by atoms with Gasteiger partial charge >= 0.3 is 0 Å². The fourth-order valence-electron chi connectivity index (χ4n) is 1.74. The highest BCUT2D eigenvalue weighted by Crippen LogP contribution is 2.22. The predicted molar refractivity (Wildman–Crippen MR) is 79.5 cm³/mol. The number of hydrogen-bond acceptors (Lipinski definition) is 4. The second kappa shape index (κ2) is 5.87. The number of thiophene rings is 1. The Morgan fingerprint density at radius 2 is 2.06 bits per heavy atom. The summed E-state index contributed by atoms with van der Waals surface area (Å²) in [6.45, 7) is 8.15. The summed E-state index contributed by atoms with van der Waals surface area (Å²) >= 11 is 1.85. The fourth-order valence-corrected chi connectivity index (χ4v) is 2.74. The molecule has 2 aromatic heterocycles. The Kier molecular flexibility index (Phi) is 4.20. The van der Waals surface area contributed by atoms with E-state index in [0.717, 1.165) is 24.6 Å². The van der Waals surface area contributed by atoms with Gasteiger partial charge in [-0.3, -0.25) is 0 Å². The zero-order valence-electron chi connectivity index (χ0n) is 11.1. The van der Waals surface area contributed by atoms with Crippen molar-refractivity contribution in [3.8, 4) is 0 Å². The second-order valence-corrected chi connectivity index (χ2v) is 5.61. The highest BCUT2D eigenvalue weighted by Gasteiger charge is 2.02. The van der Waals surface area contributed by atoms with Crippen LogP contribution in [0.1, 0.15) is 22.2 Å². The van der Waals surface area contributed by atoms with Gasteiger partial charge in [0.2, 0.25) is 0 Å². The van der Waals surface area contributed by atoms with E-state index in [0.29, 0.717) is 0 Å². The van der Waals surface area contributed by atoms with Crippen molar-refractivity contribution in [3.63, 3.8) is 0 Å². The van der Waals surface area contributed by atoms with Crippen LogP contribution in [0.2, 0.25) is 0 Å². The van der Waals surface area contributed by atoms with Crippen LogP contribution < -0.4 is 10.6 Å². The Labute approximate surface area is 112 Å². The molecule has 0 aromatic carbocycles. The molecule has 0 aliphatic heterocycles. The third kappa shape index (κ3) is 3.23. The summed E-state index contributed by atoms with van der Waals surface area (Å²) in [5, 5.41) is 6.64. The third-order valence-corrected chi connectivity index (χ3v) is 3.95. The van der Waals surface area contributed by atoms with Crippen LogP contribution in [0.3, 0.4) is 0 Å². The van der Waals surface area contributed by atoms with Crippen molar-refractivity contribution in [2.45, 2.75) is 27.3 Å². The minimum absolute atomic E-state index is 0.870. The summed E-state index contributed by atoms with van der Waals surface area (Å²) in [4.78, 5) is 7.02. The number of rotatable bonds is 5. The number of pyridine rings is 1. The zero-order valence-corrected chi connectivity index (χ0v) is 11.9. The zero-order chi connectivity index (χ0) is 13.0. The Bertz CT molecular complexity index is 500. The summed E-state index contributed by atoms with van der Waals surface area (Å²) in [6.07, 6.45) is 1.82. The number of aromatic nitrogens is 1. The lowest BCUT2D eigenvalue weighted by Crippen LogP contribution is -2.01. The van der Waals surface area contributed by atoms with E-state index in [-0.39, 0.29) is 0 Å². The molecule has 0 radical (unpaired) electrons. The minimum Gasteiger partial charge on any atom is -0.380 e. The molecule has 0 saturated heterocycles. The molecule has 0 fully saturated rings. The lowest BCUT2D eigenvalue weighted by Gasteiger charge is -2.07. The van der Waals surface area contributed by atoms with Crippen LogP contribution in [-0.2, 0) is 6.54 Å². The number of hydrogen-bond donors (Lipinski definition) is 2. The molecular weight excluding hydrogens is 242 g/mol. The molecule has 2 rings (SSSR count). The summed E-state index contributed by atoms with van der Waals surface area (Å²) in [5.74, 6) is 0.918. The summed E-state index contributed by atoms with van der Waals surface area (Å²) in [5.41, 5.74) is 2.48. The van der Waals surface area contributed by atoms with Gasteiger partial charge in [0.1, 0.15) is 5.82 Å². The molecule has 2 aromatic rings. The average Bonchev–Trinajstić information content (AvgIpc) is 2.67. The standard InChI is InChI=1S/C14H19N3S/c1-4-15-14-8-12(5-6-16-14)17-9-13-7-10(2)11(3)18-13/h5-8H,4,9H2,1-3H3,(H2,15,16,17). The van der Waals surface area contributed by atoms with Crippen molar-refractivity contribution in [1.29, 1.82) is 0 Å². The van der Waals surface area contributed by atoms with Gasteiger partial charge in [0.25, 0.3) is 0 Å². The van der Waals surface area contributed by atoms with E-state index in [1.807, 2.05) is 29.7 Å². The Hall–Kier alpha value is -1.55. The third-order valence-electron chi connectivity index (χ3n) is 2.80. The first-order valence-corrected chi connectivity index (χ1v) is 7.00. The molecule has 0 amide bonds. The molecule has 0 bridgehead atoms. The number of aryl methyl sites for hydroxylation is 2. The molecule has 0 saturated carbocycles. The first-order valence-electron chi connectivity index (χ1n) is 6.18. The van der Waals surface area contributed by atoms with Crippen LogP contribution >= 0.6 is 11.3 Å². The maximum atomic E-state index is 4.25. The molecule has 0 unspecified atom stereocenters. The number of anilines is 2. The van der Waals surface area contributed by atoms with Crippen molar-refractivity contribution >= 4 is 22.8 Å². The summed E-state index contributed by atoms with van der Waals surface area (Å²) < 4.78 is 0. The molecule has 0 aliphatic rings. The second-order valence-electron chi connectivity index (χ2n) is 4.27. The monoisotopic (exact) mass is 261 g/mol. The molecule has 2 heterocycles. The van der Waals surface area contributed by atoms with E-state index in [4.69, 9.17) is 0 Å². The van der Waals surface area contributed by atoms with Gasteiger partial charge in [-0.2, -0.15) is 0 Å². The van der Waals surface area contributed by atoms with Crippen molar-refractivity contribution < 1.29 is 0 Å². The van der Waals surface area contributed by atoms with Gasteiger partial charge in [0, 0.05) is 40.8 Å². The molecule has 18 heavy (non-hydrogen) atoms. The van der Waals surface area contributed by atoms with Crippen LogP contribution in [0, 0.1) is 13.8 Å². The van der Waals surface area contributed by atoms with Gasteiger partial charge in [-0.25, -0.2) is 4.98 Å². The highest BCUT2D eigenvalue weighted by molar-refractivity contribution is 7.12. The molecule has 4 heteroatoms. The van der Waals surface area contributed by atoms with Crippen molar-refractivity contribution in [2.24, 2.45) is 0 Å². The Morgan fingerprint density at radius 3 is 2.72 bits per heavy atom. The van der Waals surface area contributed by atoms with Crippen molar-refractivity contribution in [2.75, 3.05) is 17.2 Å². The van der Waals surface area contributed by atoms with E-state index in [9.17, 15) is 0 Å². The van der Waals surface area contributed by atoms with Crippen LogP contribution in [0.25, 0.3) is 0 Å². The smallest absolute Gasteiger partial charge is 0.127 e. The van der Waals surface area contributed by atoms with Gasteiger partial charge < -0.3 is 10.6 Å². The van der Waals surface area contributed by atoms with Gasteiger partial charge in [0.15, 0.2) is 0 Å². The lowest BCUT2D eigenvalue weighted by atomic mass is 10.3. The van der Waals surface area contributed by atoms with E-state index in [1.165, 1.54) is 15.3 Å². The molecule has 0 spiro atoms. The largest absolute Gasteiger partial charge is 0.380 e. The van der Waals surface area contributed by atoms with Crippen LogP contribution in [0.4, 0.5) is 11.5 Å². The van der Waals surface area contributed by atoms with E-state index < -0.39 is 0 Å². The lowest BCUT2D eigenvalue weighted by molar-refractivity contribution is 1.14. The van der Waals surface area contributed by atoms with Crippen LogP contribution in [0.15, 0.2) is 24.4 Å². The molecule has 3 nitrogen and oxygen atoms in total. The van der Waals surface area contributed by atoms with Gasteiger partial charge in [-0.1, -0.05) is 0 Å². The number of nitrogens with one attached hydrogen (secondary N) is 2. The van der Waals surface area contributed by atoms with Crippen molar-refractivity contribution in [3.05, 3.63) is 39.7 Å². The SMILES string of the molecule is CCNc1cc(NCc2cc(C)c(C)s2)ccn1. The number of nitrogens with zero attached hydrogens (tertiary/aromatic N) is 1. The maximum absolute atomic E-state index is 4.25. The Balaban J connectivity index is 1.99. The Morgan fingerprint density at radius 1 is 1.22 bits per heavy atom. The quantitative estimate of drug-likeness (QED) is 0.859. The molecule has 0 aliphatic carbocycles. The molecular formula is C14H19N3S. The fraction of sp³-hybridized carbons (Fsp3) is 0.357. The van der Waals surface area contributed by atoms with Crippen LogP contribution in [0.5, 0.6) is 0 Å². The summed E-state index contributed by atoms with van der Waals surface area (Å²) in [6, 6.07) is 6.28. The highest BCUT2D eigenvalue weighted by atomic mass is 32.1. The first-order chi connectivity index (χ1) is 8.69.